The van der Waals surface area contributed by atoms with E-state index >= 15 is 4.39 Å². The molecule has 1 aliphatic carbocycles. The lowest BCUT2D eigenvalue weighted by Crippen LogP contribution is -2.46. The first-order chi connectivity index (χ1) is 14.1. The lowest BCUT2D eigenvalue weighted by molar-refractivity contribution is -0.00543. The van der Waals surface area contributed by atoms with Crippen LogP contribution in [0.25, 0.3) is 11.0 Å². The molecule has 0 spiro atoms. The van der Waals surface area contributed by atoms with Gasteiger partial charge in [0.1, 0.15) is 0 Å². The fraction of sp³-hybridized carbons (Fsp3) is 0.619. The number of fused-ring (bicyclic) bond motifs is 2. The Balaban J connectivity index is 1.57. The van der Waals surface area contributed by atoms with Crippen molar-refractivity contribution in [2.24, 2.45) is 0 Å². The first kappa shape index (κ1) is 19.2. The Morgan fingerprint density at radius 3 is 2.76 bits per heavy atom. The topological polar surface area (TPSA) is 58.8 Å². The van der Waals surface area contributed by atoms with Gasteiger partial charge < -0.3 is 19.1 Å². The maximum atomic E-state index is 15.6. The van der Waals surface area contributed by atoms with Crippen molar-refractivity contribution in [1.29, 1.82) is 0 Å². The third kappa shape index (κ3) is 3.20. The van der Waals surface area contributed by atoms with Gasteiger partial charge in [-0.2, -0.15) is 0 Å². The van der Waals surface area contributed by atoms with Crippen LogP contribution in [-0.4, -0.2) is 53.9 Å². The van der Waals surface area contributed by atoms with Gasteiger partial charge in [0.2, 0.25) is 5.58 Å². The summed E-state index contributed by atoms with van der Waals surface area (Å²) in [5.74, 6) is 0.991. The zero-order valence-corrected chi connectivity index (χ0v) is 17.6. The van der Waals surface area contributed by atoms with Gasteiger partial charge in [-0.25, -0.2) is 4.39 Å². The van der Waals surface area contributed by atoms with Gasteiger partial charge in [0, 0.05) is 29.9 Å². The number of aldehydes is 1. The van der Waals surface area contributed by atoms with Crippen molar-refractivity contribution in [2.75, 3.05) is 28.8 Å². The van der Waals surface area contributed by atoms with E-state index in [1.54, 1.807) is 6.07 Å². The number of halogens is 1. The minimum atomic E-state index is -0.503. The molecule has 0 radical (unpaired) electrons. The largest absolute Gasteiger partial charge is 0.372 e. The van der Waals surface area contributed by atoms with E-state index in [0.29, 0.717) is 46.8 Å². The first-order valence-corrected chi connectivity index (χ1v) is 11.5. The van der Waals surface area contributed by atoms with Crippen LogP contribution in [0.4, 0.5) is 15.9 Å². The standard InChI is InChI=1S/C21H26FN3O3S/c1-12-8-24(9-13(2)27-12)19-14(10-26)7-15-20(18(19)22)28-23-21(15)25-11-29-17-6-4-3-5-16(17)25/h7,10,12-13,16-17H,3-6,8-9,11H2,1-2H3/t12-,13-,16+,17+/m1/s1. The van der Waals surface area contributed by atoms with Gasteiger partial charge in [0.15, 0.2) is 17.9 Å². The van der Waals surface area contributed by atoms with Crippen LogP contribution in [-0.2, 0) is 4.74 Å². The molecule has 0 unspecified atom stereocenters. The zero-order chi connectivity index (χ0) is 20.1. The fourth-order valence-corrected chi connectivity index (χ4v) is 6.64. The van der Waals surface area contributed by atoms with Gasteiger partial charge in [0.25, 0.3) is 0 Å². The number of carbonyl (C=O) groups excluding carboxylic acids is 1. The Bertz CT molecular complexity index is 926. The van der Waals surface area contributed by atoms with Gasteiger partial charge in [-0.1, -0.05) is 18.0 Å². The molecule has 1 aromatic heterocycles. The second kappa shape index (κ2) is 7.47. The highest BCUT2D eigenvalue weighted by Gasteiger charge is 2.39. The highest BCUT2D eigenvalue weighted by Crippen LogP contribution is 2.44. The minimum absolute atomic E-state index is 0.0384. The molecule has 0 N–H and O–H groups in total. The van der Waals surface area contributed by atoms with Crippen LogP contribution in [0.2, 0.25) is 0 Å². The van der Waals surface area contributed by atoms with Crippen molar-refractivity contribution >= 4 is 40.5 Å². The summed E-state index contributed by atoms with van der Waals surface area (Å²) >= 11 is 1.94. The highest BCUT2D eigenvalue weighted by molar-refractivity contribution is 8.00. The minimum Gasteiger partial charge on any atom is -0.372 e. The summed E-state index contributed by atoms with van der Waals surface area (Å²) in [6, 6.07) is 2.16. The van der Waals surface area contributed by atoms with E-state index in [2.05, 4.69) is 10.1 Å². The van der Waals surface area contributed by atoms with Crippen molar-refractivity contribution < 1.29 is 18.4 Å². The Labute approximate surface area is 173 Å². The third-order valence-corrected chi connectivity index (χ3v) is 7.73. The van der Waals surface area contributed by atoms with Crippen LogP contribution in [0.5, 0.6) is 0 Å². The van der Waals surface area contributed by atoms with Gasteiger partial charge in [0.05, 0.1) is 29.2 Å². The molecule has 6 nitrogen and oxygen atoms in total. The molecule has 2 saturated heterocycles. The van der Waals surface area contributed by atoms with E-state index in [1.807, 2.05) is 30.5 Å². The maximum Gasteiger partial charge on any atom is 0.206 e. The summed E-state index contributed by atoms with van der Waals surface area (Å²) in [6.45, 7) is 4.97. The number of rotatable bonds is 3. The molecule has 2 aromatic rings. The second-order valence-electron chi connectivity index (χ2n) is 8.45. The van der Waals surface area contributed by atoms with Crippen LogP contribution < -0.4 is 9.80 Å². The number of thioether (sulfide) groups is 1. The number of hydrogen-bond donors (Lipinski definition) is 0. The third-order valence-electron chi connectivity index (χ3n) is 6.32. The average Bonchev–Trinajstić information content (AvgIpc) is 3.30. The van der Waals surface area contributed by atoms with Crippen molar-refractivity contribution in [3.05, 3.63) is 17.4 Å². The molecule has 1 aromatic carbocycles. The fourth-order valence-electron chi connectivity index (χ4n) is 5.13. The van der Waals surface area contributed by atoms with E-state index in [9.17, 15) is 4.79 Å². The number of benzene rings is 1. The SMILES string of the molecule is C[C@@H]1CN(c2c(C=O)cc3c(N4CS[C@H]5CCCC[C@@H]54)noc3c2F)C[C@@H](C)O1. The number of anilines is 2. The van der Waals surface area contributed by atoms with Crippen LogP contribution in [0.15, 0.2) is 10.6 Å². The lowest BCUT2D eigenvalue weighted by Gasteiger charge is -2.37. The predicted molar refractivity (Wildman–Crippen MR) is 113 cm³/mol. The number of aromatic nitrogens is 1. The summed E-state index contributed by atoms with van der Waals surface area (Å²) in [5, 5.41) is 5.45. The molecule has 4 atom stereocenters. The molecular weight excluding hydrogens is 393 g/mol. The molecule has 3 fully saturated rings. The van der Waals surface area contributed by atoms with E-state index in [4.69, 9.17) is 9.26 Å². The average molecular weight is 420 g/mol. The van der Waals surface area contributed by atoms with Crippen LogP contribution >= 0.6 is 11.8 Å². The molecule has 0 amide bonds. The molecule has 2 aliphatic heterocycles. The lowest BCUT2D eigenvalue weighted by atomic mass is 9.94. The van der Waals surface area contributed by atoms with E-state index in [-0.39, 0.29) is 17.8 Å². The van der Waals surface area contributed by atoms with Crippen molar-refractivity contribution in [2.45, 2.75) is 63.0 Å². The number of hydrogen-bond acceptors (Lipinski definition) is 7. The monoisotopic (exact) mass is 419 g/mol. The summed E-state index contributed by atoms with van der Waals surface area (Å²) in [6.07, 6.45) is 5.47. The molecule has 5 rings (SSSR count). The summed E-state index contributed by atoms with van der Waals surface area (Å²) < 4.78 is 26.9. The Hall–Kier alpha value is -1.80. The van der Waals surface area contributed by atoms with E-state index < -0.39 is 5.82 Å². The smallest absolute Gasteiger partial charge is 0.206 e. The number of carbonyl (C=O) groups is 1. The zero-order valence-electron chi connectivity index (χ0n) is 16.8. The predicted octanol–water partition coefficient (Wildman–Crippen LogP) is 4.21. The molecule has 29 heavy (non-hydrogen) atoms. The molecule has 8 heteroatoms. The van der Waals surface area contributed by atoms with Gasteiger partial charge in [-0.3, -0.25) is 4.79 Å². The van der Waals surface area contributed by atoms with E-state index in [0.717, 1.165) is 18.6 Å². The molecule has 3 heterocycles. The van der Waals surface area contributed by atoms with Crippen LogP contribution in [0.3, 0.4) is 0 Å². The normalized spacial score (nSPS) is 30.0. The van der Waals surface area contributed by atoms with Crippen LogP contribution in [0.1, 0.15) is 49.9 Å². The van der Waals surface area contributed by atoms with Gasteiger partial charge >= 0.3 is 0 Å². The van der Waals surface area contributed by atoms with Crippen molar-refractivity contribution in [3.8, 4) is 0 Å². The highest BCUT2D eigenvalue weighted by atomic mass is 32.2. The second-order valence-corrected chi connectivity index (χ2v) is 9.64. The molecule has 0 bridgehead atoms. The van der Waals surface area contributed by atoms with Crippen molar-refractivity contribution in [1.82, 2.24) is 5.16 Å². The van der Waals surface area contributed by atoms with E-state index in [1.165, 1.54) is 19.3 Å². The van der Waals surface area contributed by atoms with Gasteiger partial charge in [-0.15, -0.1) is 11.8 Å². The quantitative estimate of drug-likeness (QED) is 0.691. The number of ether oxygens (including phenoxy) is 1. The number of nitrogens with zero attached hydrogens (tertiary/aromatic N) is 3. The van der Waals surface area contributed by atoms with Crippen LogP contribution in [0, 0.1) is 5.82 Å². The summed E-state index contributed by atoms with van der Waals surface area (Å²) in [5.41, 5.74) is 0.771. The molecule has 156 valence electrons. The summed E-state index contributed by atoms with van der Waals surface area (Å²) in [7, 11) is 0. The first-order valence-electron chi connectivity index (χ1n) is 10.4. The Kier molecular flexibility index (Phi) is 4.94. The maximum absolute atomic E-state index is 15.6. The Morgan fingerprint density at radius 1 is 1.24 bits per heavy atom. The molecular formula is C21H26FN3O3S. The molecule has 3 aliphatic rings. The van der Waals surface area contributed by atoms with Crippen molar-refractivity contribution in [3.63, 3.8) is 0 Å². The molecule has 1 saturated carbocycles. The Morgan fingerprint density at radius 2 is 2.00 bits per heavy atom. The number of morpholine rings is 1. The van der Waals surface area contributed by atoms with Gasteiger partial charge in [-0.05, 0) is 32.8 Å². The summed E-state index contributed by atoms with van der Waals surface area (Å²) in [4.78, 5) is 16.1.